The van der Waals surface area contributed by atoms with Gasteiger partial charge in [-0.15, -0.1) is 6.58 Å². The molecule has 0 saturated heterocycles. The summed E-state index contributed by atoms with van der Waals surface area (Å²) in [5, 5.41) is 11.4. The summed E-state index contributed by atoms with van der Waals surface area (Å²) >= 11 is 5.78. The molecule has 0 bridgehead atoms. The monoisotopic (exact) mass is 312 g/mol. The van der Waals surface area contributed by atoms with Gasteiger partial charge in [0.1, 0.15) is 0 Å². The summed E-state index contributed by atoms with van der Waals surface area (Å²) in [6.45, 7) is 6.32. The quantitative estimate of drug-likeness (QED) is 0.319. The maximum absolute atomic E-state index is 11.5. The van der Waals surface area contributed by atoms with Crippen LogP contribution in [0.3, 0.4) is 0 Å². The van der Waals surface area contributed by atoms with Crippen LogP contribution in [0.1, 0.15) is 12.5 Å². The second-order valence-corrected chi connectivity index (χ2v) is 4.73. The van der Waals surface area contributed by atoms with Crippen LogP contribution in [0.2, 0.25) is 5.02 Å². The number of carbonyl (C=O) groups is 1. The van der Waals surface area contributed by atoms with E-state index in [9.17, 15) is 14.9 Å². The average Bonchev–Trinajstić information content (AvgIpc) is 2.41. The predicted molar refractivity (Wildman–Crippen MR) is 80.2 cm³/mol. The molecule has 0 aliphatic heterocycles. The van der Waals surface area contributed by atoms with Crippen molar-refractivity contribution < 1.29 is 14.5 Å². The van der Waals surface area contributed by atoms with Gasteiger partial charge in [-0.05, 0) is 19.1 Å². The number of nitrogens with zero attached hydrogens (tertiary/aromatic N) is 2. The first-order chi connectivity index (χ1) is 9.97. The van der Waals surface area contributed by atoms with Gasteiger partial charge in [0.05, 0.1) is 18.1 Å². The first kappa shape index (κ1) is 17.1. The topological polar surface area (TPSA) is 72.7 Å². The number of halogens is 1. The molecule has 0 saturated carbocycles. The minimum absolute atomic E-state index is 0.0413. The van der Waals surface area contributed by atoms with Crippen molar-refractivity contribution >= 4 is 23.3 Å². The van der Waals surface area contributed by atoms with Crippen molar-refractivity contribution in [2.45, 2.75) is 13.5 Å². The van der Waals surface area contributed by atoms with Gasteiger partial charge >= 0.3 is 5.97 Å². The Hall–Kier alpha value is -1.92. The normalized spacial score (nSPS) is 10.4. The number of nitro groups is 1. The molecule has 0 aromatic heterocycles. The fourth-order valence-corrected chi connectivity index (χ4v) is 2.00. The molecule has 0 spiro atoms. The third-order valence-corrected chi connectivity index (χ3v) is 2.92. The van der Waals surface area contributed by atoms with E-state index in [0.717, 1.165) is 0 Å². The minimum Gasteiger partial charge on any atom is -0.465 e. The number of benzene rings is 1. The second-order valence-electron chi connectivity index (χ2n) is 4.29. The molecule has 1 aromatic carbocycles. The zero-order valence-corrected chi connectivity index (χ0v) is 12.5. The van der Waals surface area contributed by atoms with Gasteiger partial charge < -0.3 is 4.74 Å². The minimum atomic E-state index is -0.488. The van der Waals surface area contributed by atoms with Crippen molar-refractivity contribution in [1.82, 2.24) is 4.90 Å². The molecule has 1 rings (SSSR count). The molecule has 0 N–H and O–H groups in total. The lowest BCUT2D eigenvalue weighted by Gasteiger charge is -2.19. The molecule has 7 heteroatoms. The lowest BCUT2D eigenvalue weighted by Crippen LogP contribution is -2.31. The van der Waals surface area contributed by atoms with E-state index in [-0.39, 0.29) is 24.7 Å². The number of esters is 1. The summed E-state index contributed by atoms with van der Waals surface area (Å²) in [5.74, 6) is -0.379. The number of hydrogen-bond donors (Lipinski definition) is 0. The van der Waals surface area contributed by atoms with E-state index in [2.05, 4.69) is 6.58 Å². The van der Waals surface area contributed by atoms with Gasteiger partial charge in [0.25, 0.3) is 5.69 Å². The Morgan fingerprint density at radius 1 is 1.57 bits per heavy atom. The first-order valence-electron chi connectivity index (χ1n) is 6.39. The maximum Gasteiger partial charge on any atom is 0.320 e. The fraction of sp³-hybridized carbons (Fsp3) is 0.357. The Morgan fingerprint density at radius 3 is 2.86 bits per heavy atom. The highest BCUT2D eigenvalue weighted by Gasteiger charge is 2.18. The van der Waals surface area contributed by atoms with Gasteiger partial charge in [-0.3, -0.25) is 19.8 Å². The molecular formula is C14H17ClN2O4. The summed E-state index contributed by atoms with van der Waals surface area (Å²) in [6.07, 6.45) is 1.63. The van der Waals surface area contributed by atoms with Gasteiger partial charge in [0.15, 0.2) is 0 Å². The molecule has 21 heavy (non-hydrogen) atoms. The Labute approximate surface area is 128 Å². The van der Waals surface area contributed by atoms with Crippen LogP contribution in [0.15, 0.2) is 30.9 Å². The molecule has 0 atom stereocenters. The van der Waals surface area contributed by atoms with E-state index in [1.807, 2.05) is 0 Å². The van der Waals surface area contributed by atoms with Crippen molar-refractivity contribution in [3.05, 3.63) is 51.6 Å². The van der Waals surface area contributed by atoms with Gasteiger partial charge in [-0.25, -0.2) is 0 Å². The molecular weight excluding hydrogens is 296 g/mol. The third kappa shape index (κ3) is 5.53. The van der Waals surface area contributed by atoms with Crippen LogP contribution in [-0.2, 0) is 16.1 Å². The molecule has 0 aliphatic carbocycles. The number of carbonyl (C=O) groups excluding carboxylic acids is 1. The Morgan fingerprint density at radius 2 is 2.29 bits per heavy atom. The zero-order chi connectivity index (χ0) is 15.8. The van der Waals surface area contributed by atoms with Crippen molar-refractivity contribution in [1.29, 1.82) is 0 Å². The molecule has 0 unspecified atom stereocenters. The second kappa shape index (κ2) is 8.39. The lowest BCUT2D eigenvalue weighted by molar-refractivity contribution is -0.385. The fourth-order valence-electron chi connectivity index (χ4n) is 1.84. The zero-order valence-electron chi connectivity index (χ0n) is 11.8. The Balaban J connectivity index is 2.90. The van der Waals surface area contributed by atoms with Crippen molar-refractivity contribution in [3.8, 4) is 0 Å². The van der Waals surface area contributed by atoms with E-state index in [1.165, 1.54) is 6.07 Å². The lowest BCUT2D eigenvalue weighted by atomic mass is 10.1. The molecule has 114 valence electrons. The van der Waals surface area contributed by atoms with E-state index in [0.29, 0.717) is 23.7 Å². The SMILES string of the molecule is C=CCN(CC(=O)OCC)Cc1ccc(Cl)cc1[N+](=O)[O-]. The Kier molecular flexibility index (Phi) is 6.84. The summed E-state index contributed by atoms with van der Waals surface area (Å²) in [4.78, 5) is 23.8. The Bertz CT molecular complexity index is 534. The van der Waals surface area contributed by atoms with E-state index < -0.39 is 4.92 Å². The number of rotatable bonds is 8. The van der Waals surface area contributed by atoms with Gasteiger partial charge in [0.2, 0.25) is 0 Å². The molecule has 6 nitrogen and oxygen atoms in total. The summed E-state index contributed by atoms with van der Waals surface area (Å²) < 4.78 is 4.88. The highest BCUT2D eigenvalue weighted by molar-refractivity contribution is 6.30. The van der Waals surface area contributed by atoms with Gasteiger partial charge in [-0.2, -0.15) is 0 Å². The number of hydrogen-bond acceptors (Lipinski definition) is 5. The maximum atomic E-state index is 11.5. The van der Waals surface area contributed by atoms with Crippen molar-refractivity contribution in [2.75, 3.05) is 19.7 Å². The van der Waals surface area contributed by atoms with E-state index in [1.54, 1.807) is 30.0 Å². The predicted octanol–water partition coefficient (Wildman–Crippen LogP) is 2.80. The molecule has 0 aliphatic rings. The summed E-state index contributed by atoms with van der Waals surface area (Å²) in [5.41, 5.74) is 0.413. The summed E-state index contributed by atoms with van der Waals surface area (Å²) in [7, 11) is 0. The van der Waals surface area contributed by atoms with Gasteiger partial charge in [0, 0.05) is 29.7 Å². The molecule has 1 aromatic rings. The van der Waals surface area contributed by atoms with Crippen LogP contribution >= 0.6 is 11.6 Å². The number of nitro benzene ring substituents is 1. The molecule has 0 radical (unpaired) electrons. The van der Waals surface area contributed by atoms with Crippen molar-refractivity contribution in [3.63, 3.8) is 0 Å². The van der Waals surface area contributed by atoms with Crippen molar-refractivity contribution in [2.24, 2.45) is 0 Å². The highest BCUT2D eigenvalue weighted by atomic mass is 35.5. The van der Waals surface area contributed by atoms with Crippen LogP contribution in [0.25, 0.3) is 0 Å². The van der Waals surface area contributed by atoms with Crippen LogP contribution < -0.4 is 0 Å². The molecule has 0 fully saturated rings. The first-order valence-corrected chi connectivity index (χ1v) is 6.77. The standard InChI is InChI=1S/C14H17ClN2O4/c1-3-7-16(10-14(18)21-4-2)9-11-5-6-12(15)8-13(11)17(19)20/h3,5-6,8H,1,4,7,9-10H2,2H3. The van der Waals surface area contributed by atoms with E-state index in [4.69, 9.17) is 16.3 Å². The van der Waals surface area contributed by atoms with Gasteiger partial charge in [-0.1, -0.05) is 17.7 Å². The third-order valence-electron chi connectivity index (χ3n) is 2.68. The number of ether oxygens (including phenoxy) is 1. The molecule has 0 heterocycles. The highest BCUT2D eigenvalue weighted by Crippen LogP contribution is 2.24. The summed E-state index contributed by atoms with van der Waals surface area (Å²) in [6, 6.07) is 4.47. The average molecular weight is 313 g/mol. The van der Waals surface area contributed by atoms with Crippen LogP contribution in [-0.4, -0.2) is 35.5 Å². The molecule has 0 amide bonds. The van der Waals surface area contributed by atoms with Crippen LogP contribution in [0.4, 0.5) is 5.69 Å². The smallest absolute Gasteiger partial charge is 0.320 e. The van der Waals surface area contributed by atoms with Crippen LogP contribution in [0, 0.1) is 10.1 Å². The largest absolute Gasteiger partial charge is 0.465 e. The van der Waals surface area contributed by atoms with Crippen LogP contribution in [0.5, 0.6) is 0 Å². The van der Waals surface area contributed by atoms with E-state index >= 15 is 0 Å².